The molecule has 0 aromatic heterocycles. The van der Waals surface area contributed by atoms with Gasteiger partial charge in [-0.2, -0.15) is 0 Å². The van der Waals surface area contributed by atoms with Crippen LogP contribution in [0.2, 0.25) is 0 Å². The number of nitrogens with one attached hydrogen (secondary N) is 1. The molecule has 2 N–H and O–H groups in total. The first-order chi connectivity index (χ1) is 7.32. The highest BCUT2D eigenvalue weighted by Gasteiger charge is 2.51. The van der Waals surface area contributed by atoms with Crippen LogP contribution in [0.1, 0.15) is 27.2 Å². The zero-order valence-corrected chi connectivity index (χ0v) is 10.1. The van der Waals surface area contributed by atoms with Crippen molar-refractivity contribution in [3.63, 3.8) is 0 Å². The average Bonchev–Trinajstić information content (AvgIpc) is 1.94. The van der Waals surface area contributed by atoms with Gasteiger partial charge in [-0.1, -0.05) is 0 Å². The summed E-state index contributed by atoms with van der Waals surface area (Å²) in [6.45, 7) is 7.35. The maximum Gasteiger partial charge on any atom is 0.410 e. The van der Waals surface area contributed by atoms with Gasteiger partial charge in [-0.15, -0.1) is 0 Å². The predicted molar refractivity (Wildman–Crippen MR) is 59.2 cm³/mol. The SMILES string of the molecule is CC(C)(C)OC(=O)N1CCC1C1(O)CNC1. The first kappa shape index (κ1) is 11.7. The van der Waals surface area contributed by atoms with Crippen molar-refractivity contribution in [1.29, 1.82) is 0 Å². The van der Waals surface area contributed by atoms with Crippen LogP contribution >= 0.6 is 0 Å². The third-order valence-corrected chi connectivity index (χ3v) is 3.13. The molecule has 2 aliphatic heterocycles. The van der Waals surface area contributed by atoms with E-state index in [-0.39, 0.29) is 12.1 Å². The second kappa shape index (κ2) is 3.60. The third kappa shape index (κ3) is 2.01. The molecule has 1 amide bonds. The van der Waals surface area contributed by atoms with Gasteiger partial charge in [0.15, 0.2) is 0 Å². The minimum atomic E-state index is -0.741. The Morgan fingerprint density at radius 1 is 1.50 bits per heavy atom. The van der Waals surface area contributed by atoms with E-state index < -0.39 is 11.2 Å². The van der Waals surface area contributed by atoms with Crippen molar-refractivity contribution in [3.8, 4) is 0 Å². The highest BCUT2D eigenvalue weighted by Crippen LogP contribution is 2.31. The van der Waals surface area contributed by atoms with Crippen LogP contribution in [0, 0.1) is 0 Å². The van der Waals surface area contributed by atoms with E-state index in [9.17, 15) is 9.90 Å². The minimum absolute atomic E-state index is 0.0800. The normalized spacial score (nSPS) is 28.0. The monoisotopic (exact) mass is 228 g/mol. The lowest BCUT2D eigenvalue weighted by Gasteiger charge is -2.53. The maximum atomic E-state index is 11.8. The summed E-state index contributed by atoms with van der Waals surface area (Å²) in [4.78, 5) is 13.4. The second-order valence-corrected chi connectivity index (χ2v) is 5.69. The van der Waals surface area contributed by atoms with Gasteiger partial charge in [-0.3, -0.25) is 0 Å². The fourth-order valence-corrected chi connectivity index (χ4v) is 2.10. The van der Waals surface area contributed by atoms with Gasteiger partial charge in [0, 0.05) is 19.6 Å². The number of likely N-dealkylation sites (tertiary alicyclic amines) is 1. The Kier molecular flexibility index (Phi) is 2.62. The predicted octanol–water partition coefficient (Wildman–Crippen LogP) is 0.330. The maximum absolute atomic E-state index is 11.8. The van der Waals surface area contributed by atoms with Gasteiger partial charge in [0.1, 0.15) is 11.2 Å². The summed E-state index contributed by atoms with van der Waals surface area (Å²) in [5.74, 6) is 0. The molecule has 0 bridgehead atoms. The van der Waals surface area contributed by atoms with Crippen molar-refractivity contribution in [2.24, 2.45) is 0 Å². The highest BCUT2D eigenvalue weighted by molar-refractivity contribution is 5.70. The lowest BCUT2D eigenvalue weighted by Crippen LogP contribution is -2.74. The molecule has 5 nitrogen and oxygen atoms in total. The van der Waals surface area contributed by atoms with E-state index in [0.29, 0.717) is 19.6 Å². The molecule has 5 heteroatoms. The number of carbonyl (C=O) groups is 1. The molecule has 2 fully saturated rings. The van der Waals surface area contributed by atoms with Crippen LogP contribution in [0.5, 0.6) is 0 Å². The lowest BCUT2D eigenvalue weighted by atomic mass is 9.81. The largest absolute Gasteiger partial charge is 0.444 e. The van der Waals surface area contributed by atoms with Gasteiger partial charge in [-0.25, -0.2) is 4.79 Å². The van der Waals surface area contributed by atoms with Crippen molar-refractivity contribution in [2.45, 2.75) is 44.4 Å². The van der Waals surface area contributed by atoms with Crippen LogP contribution in [0.15, 0.2) is 0 Å². The molecule has 0 spiro atoms. The summed E-state index contributed by atoms with van der Waals surface area (Å²) >= 11 is 0. The van der Waals surface area contributed by atoms with Crippen molar-refractivity contribution >= 4 is 6.09 Å². The molecule has 1 atom stereocenters. The zero-order valence-electron chi connectivity index (χ0n) is 10.1. The number of aliphatic hydroxyl groups is 1. The summed E-state index contributed by atoms with van der Waals surface area (Å²) in [7, 11) is 0. The fraction of sp³-hybridized carbons (Fsp3) is 0.909. The number of β-amino-alcohol motifs (C(OH)–C–C–N with tert-alkyl or cyclic N) is 1. The number of nitrogens with zero attached hydrogens (tertiary/aromatic N) is 1. The molecule has 2 heterocycles. The second-order valence-electron chi connectivity index (χ2n) is 5.69. The highest BCUT2D eigenvalue weighted by atomic mass is 16.6. The summed E-state index contributed by atoms with van der Waals surface area (Å²) < 4.78 is 5.29. The van der Waals surface area contributed by atoms with Gasteiger partial charge in [0.25, 0.3) is 0 Å². The number of hydrogen-bond donors (Lipinski definition) is 2. The third-order valence-electron chi connectivity index (χ3n) is 3.13. The molecule has 0 radical (unpaired) electrons. The van der Waals surface area contributed by atoms with Crippen molar-refractivity contribution in [1.82, 2.24) is 10.2 Å². The molecule has 0 aliphatic carbocycles. The van der Waals surface area contributed by atoms with E-state index in [4.69, 9.17) is 4.74 Å². The van der Waals surface area contributed by atoms with Gasteiger partial charge in [-0.05, 0) is 27.2 Å². The van der Waals surface area contributed by atoms with E-state index in [1.807, 2.05) is 20.8 Å². The van der Waals surface area contributed by atoms with Gasteiger partial charge in [0.2, 0.25) is 0 Å². The van der Waals surface area contributed by atoms with Crippen LogP contribution < -0.4 is 5.32 Å². The minimum Gasteiger partial charge on any atom is -0.444 e. The molecule has 16 heavy (non-hydrogen) atoms. The molecule has 0 aromatic rings. The zero-order chi connectivity index (χ0) is 12.0. The van der Waals surface area contributed by atoms with Gasteiger partial charge >= 0.3 is 6.09 Å². The summed E-state index contributed by atoms with van der Waals surface area (Å²) in [6.07, 6.45) is 0.543. The number of carbonyl (C=O) groups excluding carboxylic acids is 1. The molecule has 1 unspecified atom stereocenters. The Hall–Kier alpha value is -0.810. The first-order valence-corrected chi connectivity index (χ1v) is 5.75. The van der Waals surface area contributed by atoms with Gasteiger partial charge in [0.05, 0.1) is 6.04 Å². The molecule has 2 rings (SSSR count). The Morgan fingerprint density at radius 3 is 2.44 bits per heavy atom. The Bertz CT molecular complexity index is 294. The van der Waals surface area contributed by atoms with E-state index in [1.54, 1.807) is 4.90 Å². The molecule has 0 saturated carbocycles. The van der Waals surface area contributed by atoms with Crippen LogP contribution in [-0.2, 0) is 4.74 Å². The summed E-state index contributed by atoms with van der Waals surface area (Å²) in [5, 5.41) is 13.2. The van der Waals surface area contributed by atoms with Crippen LogP contribution in [-0.4, -0.2) is 53.0 Å². The van der Waals surface area contributed by atoms with Gasteiger partial charge < -0.3 is 20.1 Å². The topological polar surface area (TPSA) is 61.8 Å². The Labute approximate surface area is 95.8 Å². The smallest absolute Gasteiger partial charge is 0.410 e. The molecule has 2 aliphatic rings. The van der Waals surface area contributed by atoms with E-state index in [2.05, 4.69) is 5.32 Å². The summed E-state index contributed by atoms with van der Waals surface area (Å²) in [5.41, 5.74) is -1.22. The molecular weight excluding hydrogens is 208 g/mol. The number of amides is 1. The average molecular weight is 228 g/mol. The number of hydrogen-bond acceptors (Lipinski definition) is 4. The Balaban J connectivity index is 1.93. The molecule has 0 aromatic carbocycles. The van der Waals surface area contributed by atoms with Crippen LogP contribution in [0.25, 0.3) is 0 Å². The quantitative estimate of drug-likeness (QED) is 0.679. The Morgan fingerprint density at radius 2 is 2.12 bits per heavy atom. The van der Waals surface area contributed by atoms with E-state index in [0.717, 1.165) is 6.42 Å². The van der Waals surface area contributed by atoms with Crippen LogP contribution in [0.3, 0.4) is 0 Å². The molecular formula is C11H20N2O3. The fourth-order valence-electron chi connectivity index (χ4n) is 2.10. The van der Waals surface area contributed by atoms with Crippen molar-refractivity contribution in [3.05, 3.63) is 0 Å². The first-order valence-electron chi connectivity index (χ1n) is 5.75. The lowest BCUT2D eigenvalue weighted by molar-refractivity contribution is -0.118. The van der Waals surface area contributed by atoms with Crippen LogP contribution in [0.4, 0.5) is 4.79 Å². The standard InChI is InChI=1S/C11H20N2O3/c1-10(2,3)16-9(14)13-5-4-8(13)11(15)6-12-7-11/h8,12,15H,4-7H2,1-3H3. The number of rotatable bonds is 1. The molecule has 92 valence electrons. The number of ether oxygens (including phenoxy) is 1. The van der Waals surface area contributed by atoms with Crippen molar-refractivity contribution < 1.29 is 14.6 Å². The van der Waals surface area contributed by atoms with Crippen molar-refractivity contribution in [2.75, 3.05) is 19.6 Å². The van der Waals surface area contributed by atoms with E-state index in [1.165, 1.54) is 0 Å². The molecule has 2 saturated heterocycles. The van der Waals surface area contributed by atoms with E-state index >= 15 is 0 Å². The summed E-state index contributed by atoms with van der Waals surface area (Å²) in [6, 6.07) is -0.0800.